The highest BCUT2D eigenvalue weighted by Crippen LogP contribution is 2.46. The van der Waals surface area contributed by atoms with E-state index < -0.39 is 47.6 Å². The molecule has 4 amide bonds. The van der Waals surface area contributed by atoms with Gasteiger partial charge in [-0.3, -0.25) is 19.2 Å². The minimum Gasteiger partial charge on any atom is -0.343 e. The summed E-state index contributed by atoms with van der Waals surface area (Å²) in [6.45, 7) is 0.0309. The third-order valence-corrected chi connectivity index (χ3v) is 8.36. The number of fused-ring (bicyclic) bond motifs is 2. The summed E-state index contributed by atoms with van der Waals surface area (Å²) in [5.74, 6) is -3.50. The third-order valence-electron chi connectivity index (χ3n) is 8.36. The van der Waals surface area contributed by atoms with Crippen molar-refractivity contribution in [2.75, 3.05) is 11.9 Å². The highest BCUT2D eigenvalue weighted by Gasteiger charge is 2.55. The van der Waals surface area contributed by atoms with Crippen LogP contribution in [0.4, 0.5) is 18.9 Å². The number of anilines is 1. The molecule has 4 aliphatic rings. The molecule has 4 atom stereocenters. The number of amides is 4. The lowest BCUT2D eigenvalue weighted by Crippen LogP contribution is -2.57. The van der Waals surface area contributed by atoms with Crippen molar-refractivity contribution in [1.29, 1.82) is 0 Å². The zero-order valence-electron chi connectivity index (χ0n) is 20.9. The van der Waals surface area contributed by atoms with E-state index in [-0.39, 0.29) is 37.1 Å². The van der Waals surface area contributed by atoms with Gasteiger partial charge >= 0.3 is 12.1 Å². The quantitative estimate of drug-likeness (QED) is 0.404. The Hall–Kier alpha value is -3.15. The van der Waals surface area contributed by atoms with Crippen LogP contribution in [0, 0.1) is 11.8 Å². The maximum atomic E-state index is 13.7. The van der Waals surface area contributed by atoms with E-state index >= 15 is 0 Å². The average molecular weight is 536 g/mol. The summed E-state index contributed by atoms with van der Waals surface area (Å²) < 4.78 is 38.9. The number of nitrogens with one attached hydrogen (secondary N) is 3. The number of carbonyl (C=O) groups excluding carboxylic acids is 4. The van der Waals surface area contributed by atoms with Gasteiger partial charge < -0.3 is 26.6 Å². The predicted molar refractivity (Wildman–Crippen MR) is 130 cm³/mol. The smallest absolute Gasteiger partial charge is 0.343 e. The zero-order chi connectivity index (χ0) is 27.2. The minimum atomic E-state index is -5.13. The van der Waals surface area contributed by atoms with Gasteiger partial charge in [0.2, 0.25) is 17.7 Å². The highest BCUT2D eigenvalue weighted by atomic mass is 19.4. The molecule has 38 heavy (non-hydrogen) atoms. The number of hydrogen-bond acceptors (Lipinski definition) is 5. The van der Waals surface area contributed by atoms with Crippen molar-refractivity contribution in [3.05, 3.63) is 29.8 Å². The lowest BCUT2D eigenvalue weighted by molar-refractivity contribution is -0.175. The first-order valence-electron chi connectivity index (χ1n) is 13.1. The van der Waals surface area contributed by atoms with E-state index in [1.54, 1.807) is 12.1 Å². The number of alkyl halides is 3. The number of hydrogen-bond donors (Lipinski definition) is 4. The van der Waals surface area contributed by atoms with Gasteiger partial charge in [-0.1, -0.05) is 50.3 Å². The summed E-state index contributed by atoms with van der Waals surface area (Å²) in [4.78, 5) is 53.0. The van der Waals surface area contributed by atoms with Crippen molar-refractivity contribution in [3.8, 4) is 0 Å². The SMILES string of the molecule is N[C@@H]1C[C@@]2(CN1C(=O)C(CC1CC1)NC(=O)C(CC1CCC1)NC(=O)C(F)(F)F)C(=O)Nc1ccccc12. The standard InChI is InChI=1S/C26H32F3N5O4/c27-26(28,29)24(38)33-18(10-14-4-3-5-14)21(35)31-19(11-15-8-9-15)22(36)34-13-25(12-20(34)30)16-6-1-2-7-17(16)32-23(25)37/h1-2,6-7,14-15,18-20H,3-5,8-13,30H2,(H,31,35)(H,32,37)(H,33,38)/t18?,19?,20-,25-/m0/s1. The molecule has 12 heteroatoms. The van der Waals surface area contributed by atoms with Gasteiger partial charge in [0.25, 0.3) is 0 Å². The molecule has 2 aliphatic heterocycles. The summed E-state index contributed by atoms with van der Waals surface area (Å²) in [6.07, 6.45) is -1.12. The number of halogens is 3. The van der Waals surface area contributed by atoms with Gasteiger partial charge in [-0.05, 0) is 36.3 Å². The van der Waals surface area contributed by atoms with E-state index in [1.807, 2.05) is 17.4 Å². The molecule has 5 N–H and O–H groups in total. The molecule has 0 bridgehead atoms. The second-order valence-electron chi connectivity index (χ2n) is 11.1. The molecule has 2 heterocycles. The molecule has 1 aromatic rings. The Kier molecular flexibility index (Phi) is 6.87. The van der Waals surface area contributed by atoms with Crippen molar-refractivity contribution in [1.82, 2.24) is 15.5 Å². The van der Waals surface area contributed by atoms with E-state index in [4.69, 9.17) is 5.73 Å². The lowest BCUT2D eigenvalue weighted by atomic mass is 9.80. The Bertz CT molecular complexity index is 1140. The van der Waals surface area contributed by atoms with Gasteiger partial charge in [-0.25, -0.2) is 0 Å². The number of rotatable bonds is 8. The Morgan fingerprint density at radius 3 is 2.34 bits per heavy atom. The Morgan fingerprint density at radius 2 is 1.71 bits per heavy atom. The molecule has 9 nitrogen and oxygen atoms in total. The van der Waals surface area contributed by atoms with Crippen LogP contribution in [-0.4, -0.2) is 59.5 Å². The molecule has 2 unspecified atom stereocenters. The van der Waals surface area contributed by atoms with Crippen LogP contribution in [0.5, 0.6) is 0 Å². The Labute approximate surface area is 218 Å². The monoisotopic (exact) mass is 535 g/mol. The Morgan fingerprint density at radius 1 is 1.05 bits per heavy atom. The number of carbonyl (C=O) groups is 4. The van der Waals surface area contributed by atoms with Gasteiger partial charge in [0, 0.05) is 18.7 Å². The van der Waals surface area contributed by atoms with Crippen LogP contribution >= 0.6 is 0 Å². The van der Waals surface area contributed by atoms with Crippen LogP contribution in [0.1, 0.15) is 56.9 Å². The second kappa shape index (κ2) is 9.87. The minimum absolute atomic E-state index is 0.0309. The van der Waals surface area contributed by atoms with E-state index in [0.29, 0.717) is 12.1 Å². The van der Waals surface area contributed by atoms with Crippen molar-refractivity contribution < 1.29 is 32.3 Å². The van der Waals surface area contributed by atoms with Gasteiger partial charge in [0.15, 0.2) is 0 Å². The summed E-state index contributed by atoms with van der Waals surface area (Å²) >= 11 is 0. The summed E-state index contributed by atoms with van der Waals surface area (Å²) in [5.41, 5.74) is 6.78. The normalized spacial score (nSPS) is 26.4. The predicted octanol–water partition coefficient (Wildman–Crippen LogP) is 1.92. The molecular formula is C26H32F3N5O4. The molecule has 0 radical (unpaired) electrons. The zero-order valence-corrected chi connectivity index (χ0v) is 20.9. The summed E-state index contributed by atoms with van der Waals surface area (Å²) in [7, 11) is 0. The van der Waals surface area contributed by atoms with Crippen LogP contribution in [0.2, 0.25) is 0 Å². The van der Waals surface area contributed by atoms with E-state index in [2.05, 4.69) is 10.6 Å². The second-order valence-corrected chi connectivity index (χ2v) is 11.1. The summed E-state index contributed by atoms with van der Waals surface area (Å²) in [5, 5.41) is 7.32. The Balaban J connectivity index is 1.33. The largest absolute Gasteiger partial charge is 0.471 e. The van der Waals surface area contributed by atoms with E-state index in [0.717, 1.165) is 37.7 Å². The molecular weight excluding hydrogens is 503 g/mol. The maximum absolute atomic E-state index is 13.7. The van der Waals surface area contributed by atoms with Crippen LogP contribution in [-0.2, 0) is 24.6 Å². The van der Waals surface area contributed by atoms with Gasteiger partial charge in [-0.15, -0.1) is 0 Å². The number of nitrogens with zero attached hydrogens (tertiary/aromatic N) is 1. The third kappa shape index (κ3) is 5.10. The van der Waals surface area contributed by atoms with Crippen molar-refractivity contribution >= 4 is 29.3 Å². The highest BCUT2D eigenvalue weighted by molar-refractivity contribution is 6.07. The molecule has 0 aromatic heterocycles. The summed E-state index contributed by atoms with van der Waals surface area (Å²) in [6, 6.07) is 4.79. The molecule has 206 valence electrons. The number of nitrogens with two attached hydrogens (primary N) is 1. The van der Waals surface area contributed by atoms with Gasteiger partial charge in [0.1, 0.15) is 12.1 Å². The van der Waals surface area contributed by atoms with Crippen molar-refractivity contribution in [2.24, 2.45) is 17.6 Å². The molecule has 5 rings (SSSR count). The van der Waals surface area contributed by atoms with Crippen LogP contribution in [0.3, 0.4) is 0 Å². The molecule has 1 aromatic carbocycles. The fourth-order valence-corrected chi connectivity index (χ4v) is 5.83. The van der Waals surface area contributed by atoms with E-state index in [9.17, 15) is 32.3 Å². The van der Waals surface area contributed by atoms with Crippen LogP contribution in [0.25, 0.3) is 0 Å². The fraction of sp³-hybridized carbons (Fsp3) is 0.615. The molecule has 3 fully saturated rings. The first-order chi connectivity index (χ1) is 18.0. The molecule has 2 saturated carbocycles. The number of likely N-dealkylation sites (tertiary alicyclic amines) is 1. The van der Waals surface area contributed by atoms with Crippen LogP contribution in [0.15, 0.2) is 24.3 Å². The van der Waals surface area contributed by atoms with Crippen LogP contribution < -0.4 is 21.7 Å². The maximum Gasteiger partial charge on any atom is 0.471 e. The van der Waals surface area contributed by atoms with E-state index in [1.165, 1.54) is 4.90 Å². The lowest BCUT2D eigenvalue weighted by Gasteiger charge is -2.32. The topological polar surface area (TPSA) is 134 Å². The van der Waals surface area contributed by atoms with Gasteiger partial charge in [-0.2, -0.15) is 13.2 Å². The first-order valence-corrected chi connectivity index (χ1v) is 13.1. The molecule has 2 aliphatic carbocycles. The van der Waals surface area contributed by atoms with Crippen molar-refractivity contribution in [2.45, 2.75) is 81.2 Å². The number of benzene rings is 1. The van der Waals surface area contributed by atoms with Crippen molar-refractivity contribution in [3.63, 3.8) is 0 Å². The molecule has 1 spiro atoms. The first kappa shape index (κ1) is 26.5. The van der Waals surface area contributed by atoms with Gasteiger partial charge in [0.05, 0.1) is 11.6 Å². The number of para-hydroxylation sites is 1. The molecule has 1 saturated heterocycles. The average Bonchev–Trinajstić information content (AvgIpc) is 3.52. The fourth-order valence-electron chi connectivity index (χ4n) is 5.83.